The lowest BCUT2D eigenvalue weighted by Gasteiger charge is -2.21. The lowest BCUT2D eigenvalue weighted by atomic mass is 9.89. The van der Waals surface area contributed by atoms with E-state index in [1.54, 1.807) is 6.07 Å². The number of hydrogen-bond acceptors (Lipinski definition) is 2. The van der Waals surface area contributed by atoms with Gasteiger partial charge in [-0.2, -0.15) is 0 Å². The van der Waals surface area contributed by atoms with Crippen LogP contribution in [0, 0.1) is 11.2 Å². The van der Waals surface area contributed by atoms with Gasteiger partial charge in [-0.15, -0.1) is 0 Å². The number of benzene rings is 1. The molecule has 0 atom stereocenters. The third-order valence-corrected chi connectivity index (χ3v) is 2.76. The fourth-order valence-corrected chi connectivity index (χ4v) is 1.07. The molecule has 0 radical (unpaired) electrons. The van der Waals surface area contributed by atoms with E-state index in [1.165, 1.54) is 12.1 Å². The van der Waals surface area contributed by atoms with Crippen LogP contribution in [0.2, 0.25) is 0 Å². The highest BCUT2D eigenvalue weighted by atomic mass is 19.1. The largest absolute Gasteiger partial charge is 0.396 e. The summed E-state index contributed by atoms with van der Waals surface area (Å²) in [4.78, 5) is 11.8. The molecule has 0 saturated carbocycles. The van der Waals surface area contributed by atoms with Gasteiger partial charge in [0.2, 0.25) is 5.91 Å². The zero-order chi connectivity index (χ0) is 12.3. The minimum atomic E-state index is -0.521. The smallest absolute Gasteiger partial charge is 0.230 e. The van der Waals surface area contributed by atoms with Crippen LogP contribution in [0.4, 0.5) is 15.8 Å². The van der Waals surface area contributed by atoms with Gasteiger partial charge < -0.3 is 11.1 Å². The molecule has 0 aromatic heterocycles. The van der Waals surface area contributed by atoms with Crippen molar-refractivity contribution in [3.8, 4) is 0 Å². The van der Waals surface area contributed by atoms with Gasteiger partial charge in [-0.3, -0.25) is 4.79 Å². The monoisotopic (exact) mass is 224 g/mol. The van der Waals surface area contributed by atoms with Crippen LogP contribution in [-0.2, 0) is 4.79 Å². The Morgan fingerprint density at radius 1 is 1.50 bits per heavy atom. The van der Waals surface area contributed by atoms with Crippen LogP contribution in [0.25, 0.3) is 0 Å². The van der Waals surface area contributed by atoms with E-state index >= 15 is 0 Å². The highest BCUT2D eigenvalue weighted by molar-refractivity contribution is 5.94. The number of anilines is 2. The van der Waals surface area contributed by atoms with Crippen LogP contribution in [0.3, 0.4) is 0 Å². The summed E-state index contributed by atoms with van der Waals surface area (Å²) in [6, 6.07) is 4.24. The molecule has 0 aliphatic carbocycles. The SMILES string of the molecule is CCC(C)(C)C(=O)Nc1ccc(N)c(F)c1. The van der Waals surface area contributed by atoms with Gasteiger partial charge in [-0.25, -0.2) is 4.39 Å². The lowest BCUT2D eigenvalue weighted by molar-refractivity contribution is -0.124. The molecule has 1 aromatic rings. The van der Waals surface area contributed by atoms with Gasteiger partial charge in [0.05, 0.1) is 5.69 Å². The summed E-state index contributed by atoms with van der Waals surface area (Å²) in [6.45, 7) is 5.62. The molecule has 0 bridgehead atoms. The molecule has 88 valence electrons. The van der Waals surface area contributed by atoms with Crippen molar-refractivity contribution in [2.24, 2.45) is 5.41 Å². The molecule has 16 heavy (non-hydrogen) atoms. The molecular weight excluding hydrogens is 207 g/mol. The summed E-state index contributed by atoms with van der Waals surface area (Å²) in [6.07, 6.45) is 0.719. The zero-order valence-corrected chi connectivity index (χ0v) is 9.80. The van der Waals surface area contributed by atoms with Crippen molar-refractivity contribution in [1.29, 1.82) is 0 Å². The van der Waals surface area contributed by atoms with E-state index in [9.17, 15) is 9.18 Å². The van der Waals surface area contributed by atoms with Gasteiger partial charge in [0.15, 0.2) is 0 Å². The van der Waals surface area contributed by atoms with Crippen LogP contribution in [0.15, 0.2) is 18.2 Å². The van der Waals surface area contributed by atoms with Gasteiger partial charge in [0, 0.05) is 11.1 Å². The van der Waals surface area contributed by atoms with E-state index in [4.69, 9.17) is 5.73 Å². The number of nitrogen functional groups attached to an aromatic ring is 1. The Balaban J connectivity index is 2.82. The summed E-state index contributed by atoms with van der Waals surface area (Å²) in [5, 5.41) is 2.67. The van der Waals surface area contributed by atoms with Crippen molar-refractivity contribution in [3.63, 3.8) is 0 Å². The number of nitrogens with one attached hydrogen (secondary N) is 1. The maximum atomic E-state index is 13.1. The van der Waals surface area contributed by atoms with E-state index in [0.29, 0.717) is 5.69 Å². The number of hydrogen-bond donors (Lipinski definition) is 2. The van der Waals surface area contributed by atoms with Gasteiger partial charge in [-0.05, 0) is 24.6 Å². The van der Waals surface area contributed by atoms with Crippen molar-refractivity contribution in [2.75, 3.05) is 11.1 Å². The first-order valence-corrected chi connectivity index (χ1v) is 5.23. The number of amides is 1. The van der Waals surface area contributed by atoms with E-state index in [-0.39, 0.29) is 11.6 Å². The average molecular weight is 224 g/mol. The molecule has 0 fully saturated rings. The van der Waals surface area contributed by atoms with E-state index in [2.05, 4.69) is 5.32 Å². The molecule has 0 spiro atoms. The highest BCUT2D eigenvalue weighted by Crippen LogP contribution is 2.23. The van der Waals surface area contributed by atoms with Crippen LogP contribution >= 0.6 is 0 Å². The predicted molar refractivity (Wildman–Crippen MR) is 63.5 cm³/mol. The van der Waals surface area contributed by atoms with Crippen molar-refractivity contribution < 1.29 is 9.18 Å². The topological polar surface area (TPSA) is 55.1 Å². The lowest BCUT2D eigenvalue weighted by Crippen LogP contribution is -2.30. The number of halogens is 1. The quantitative estimate of drug-likeness (QED) is 0.776. The van der Waals surface area contributed by atoms with Crippen LogP contribution < -0.4 is 11.1 Å². The van der Waals surface area contributed by atoms with Crippen molar-refractivity contribution in [1.82, 2.24) is 0 Å². The summed E-state index contributed by atoms with van der Waals surface area (Å²) in [7, 11) is 0. The molecule has 1 aromatic carbocycles. The van der Waals surface area contributed by atoms with Gasteiger partial charge in [-0.1, -0.05) is 20.8 Å². The summed E-state index contributed by atoms with van der Waals surface area (Å²) >= 11 is 0. The van der Waals surface area contributed by atoms with Gasteiger partial charge in [0.25, 0.3) is 0 Å². The summed E-state index contributed by atoms with van der Waals surface area (Å²) in [5.74, 6) is -0.647. The molecule has 3 N–H and O–H groups in total. The second-order valence-electron chi connectivity index (χ2n) is 4.43. The zero-order valence-electron chi connectivity index (χ0n) is 9.80. The Labute approximate surface area is 94.8 Å². The Hall–Kier alpha value is -1.58. The number of nitrogens with two attached hydrogens (primary N) is 1. The summed E-state index contributed by atoms with van der Waals surface area (Å²) < 4.78 is 13.1. The predicted octanol–water partition coefficient (Wildman–Crippen LogP) is 2.78. The Kier molecular flexibility index (Phi) is 3.52. The van der Waals surface area contributed by atoms with Gasteiger partial charge >= 0.3 is 0 Å². The molecule has 0 aliphatic rings. The molecule has 0 heterocycles. The molecule has 1 amide bonds. The number of carbonyl (C=O) groups excluding carboxylic acids is 1. The Morgan fingerprint density at radius 2 is 2.12 bits per heavy atom. The fraction of sp³-hybridized carbons (Fsp3) is 0.417. The molecule has 0 aliphatic heterocycles. The van der Waals surface area contributed by atoms with E-state index in [0.717, 1.165) is 6.42 Å². The standard InChI is InChI=1S/C12H17FN2O/c1-4-12(2,3)11(16)15-8-5-6-10(14)9(13)7-8/h5-7H,4,14H2,1-3H3,(H,15,16). The molecule has 1 rings (SSSR count). The van der Waals surface area contributed by atoms with Crippen molar-refractivity contribution in [3.05, 3.63) is 24.0 Å². The van der Waals surface area contributed by atoms with Crippen LogP contribution in [-0.4, -0.2) is 5.91 Å². The normalized spacial score (nSPS) is 11.2. The van der Waals surface area contributed by atoms with E-state index < -0.39 is 11.2 Å². The maximum absolute atomic E-state index is 13.1. The number of carbonyl (C=O) groups is 1. The van der Waals surface area contributed by atoms with Gasteiger partial charge in [0.1, 0.15) is 5.82 Å². The molecule has 4 heteroatoms. The van der Waals surface area contributed by atoms with Crippen LogP contribution in [0.5, 0.6) is 0 Å². The Morgan fingerprint density at radius 3 is 2.62 bits per heavy atom. The first-order valence-electron chi connectivity index (χ1n) is 5.23. The third kappa shape index (κ3) is 2.72. The molecular formula is C12H17FN2O. The van der Waals surface area contributed by atoms with Crippen molar-refractivity contribution >= 4 is 17.3 Å². The van der Waals surface area contributed by atoms with E-state index in [1.807, 2.05) is 20.8 Å². The minimum absolute atomic E-state index is 0.0766. The minimum Gasteiger partial charge on any atom is -0.396 e. The second-order valence-corrected chi connectivity index (χ2v) is 4.43. The molecule has 0 unspecified atom stereocenters. The summed E-state index contributed by atoms with van der Waals surface area (Å²) in [5.41, 5.74) is 5.39. The first-order chi connectivity index (χ1) is 7.36. The highest BCUT2D eigenvalue weighted by Gasteiger charge is 2.25. The van der Waals surface area contributed by atoms with Crippen LogP contribution in [0.1, 0.15) is 27.2 Å². The Bertz CT molecular complexity index is 402. The van der Waals surface area contributed by atoms with Crippen molar-refractivity contribution in [2.45, 2.75) is 27.2 Å². The second kappa shape index (κ2) is 4.51. The maximum Gasteiger partial charge on any atom is 0.230 e. The molecule has 3 nitrogen and oxygen atoms in total. The first kappa shape index (κ1) is 12.5. The fourth-order valence-electron chi connectivity index (χ4n) is 1.07. The number of rotatable bonds is 3. The average Bonchev–Trinajstić information content (AvgIpc) is 2.23. The molecule has 0 saturated heterocycles. The third-order valence-electron chi connectivity index (χ3n) is 2.76.